The fourth-order valence-electron chi connectivity index (χ4n) is 2.40. The first-order valence-corrected chi connectivity index (χ1v) is 7.29. The Morgan fingerprint density at radius 1 is 1.35 bits per heavy atom. The maximum atomic E-state index is 12.2. The second-order valence-electron chi connectivity index (χ2n) is 5.46. The Bertz CT molecular complexity index is 468. The van der Waals surface area contributed by atoms with Crippen molar-refractivity contribution < 1.29 is 9.53 Å². The fraction of sp³-hybridized carbons (Fsp3) is 0.562. The number of rotatable bonds is 4. The largest absolute Gasteiger partial charge is 0.490 e. The first-order chi connectivity index (χ1) is 9.58. The van der Waals surface area contributed by atoms with Crippen LogP contribution < -0.4 is 10.1 Å². The molecule has 1 N–H and O–H groups in total. The Balaban J connectivity index is 1.90. The summed E-state index contributed by atoms with van der Waals surface area (Å²) in [7, 11) is 0. The highest BCUT2D eigenvalue weighted by Gasteiger charge is 2.19. The van der Waals surface area contributed by atoms with Crippen molar-refractivity contribution in [2.24, 2.45) is 0 Å². The van der Waals surface area contributed by atoms with E-state index in [0.717, 1.165) is 37.5 Å². The predicted molar refractivity (Wildman–Crippen MR) is 80.1 cm³/mol. The van der Waals surface area contributed by atoms with E-state index in [4.69, 9.17) is 4.74 Å². The number of carbonyl (C=O) groups excluding carboxylic acids is 1. The third-order valence-electron chi connectivity index (χ3n) is 3.81. The quantitative estimate of drug-likeness (QED) is 0.913. The van der Waals surface area contributed by atoms with Gasteiger partial charge in [0.2, 0.25) is 5.91 Å². The van der Waals surface area contributed by atoms with Crippen molar-refractivity contribution in [2.75, 3.05) is 26.2 Å². The fourth-order valence-corrected chi connectivity index (χ4v) is 2.40. The molecule has 1 saturated heterocycles. The van der Waals surface area contributed by atoms with Crippen molar-refractivity contribution in [1.29, 1.82) is 0 Å². The summed E-state index contributed by atoms with van der Waals surface area (Å²) in [4.78, 5) is 14.1. The average molecular weight is 276 g/mol. The SMILES string of the molecule is Cc1cccc(OC(C)CC(=O)N2CCNCC2)c1C. The molecule has 1 atom stereocenters. The first-order valence-electron chi connectivity index (χ1n) is 7.29. The molecule has 0 bridgehead atoms. The van der Waals surface area contributed by atoms with Crippen molar-refractivity contribution in [3.05, 3.63) is 29.3 Å². The molecule has 1 aliphatic heterocycles. The molecule has 0 saturated carbocycles. The molecule has 20 heavy (non-hydrogen) atoms. The number of hydrogen-bond acceptors (Lipinski definition) is 3. The molecular formula is C16H24N2O2. The summed E-state index contributed by atoms with van der Waals surface area (Å²) in [6, 6.07) is 6.02. The van der Waals surface area contributed by atoms with Crippen LogP contribution >= 0.6 is 0 Å². The highest BCUT2D eigenvalue weighted by Crippen LogP contribution is 2.22. The molecular weight excluding hydrogens is 252 g/mol. The summed E-state index contributed by atoms with van der Waals surface area (Å²) in [5.74, 6) is 1.06. The topological polar surface area (TPSA) is 41.6 Å². The van der Waals surface area contributed by atoms with Gasteiger partial charge in [-0.05, 0) is 38.0 Å². The van der Waals surface area contributed by atoms with E-state index in [-0.39, 0.29) is 12.0 Å². The van der Waals surface area contributed by atoms with Crippen LogP contribution in [0.4, 0.5) is 0 Å². The lowest BCUT2D eigenvalue weighted by Crippen LogP contribution is -2.47. The van der Waals surface area contributed by atoms with Crippen LogP contribution in [0.15, 0.2) is 18.2 Å². The Hall–Kier alpha value is -1.55. The van der Waals surface area contributed by atoms with Crippen molar-refractivity contribution in [1.82, 2.24) is 10.2 Å². The summed E-state index contributed by atoms with van der Waals surface area (Å²) < 4.78 is 5.92. The van der Waals surface area contributed by atoms with E-state index < -0.39 is 0 Å². The maximum absolute atomic E-state index is 12.2. The minimum absolute atomic E-state index is 0.0992. The van der Waals surface area contributed by atoms with E-state index in [1.165, 1.54) is 5.56 Å². The third kappa shape index (κ3) is 3.73. The normalized spacial score (nSPS) is 16.9. The molecule has 2 rings (SSSR count). The molecule has 1 fully saturated rings. The molecule has 1 amide bonds. The molecule has 0 aromatic heterocycles. The van der Waals surface area contributed by atoms with Crippen LogP contribution in [0.5, 0.6) is 5.75 Å². The standard InChI is InChI=1S/C16H24N2O2/c1-12-5-4-6-15(14(12)3)20-13(2)11-16(19)18-9-7-17-8-10-18/h4-6,13,17H,7-11H2,1-3H3. The minimum atomic E-state index is -0.0992. The zero-order valence-corrected chi connectivity index (χ0v) is 12.6. The summed E-state index contributed by atoms with van der Waals surface area (Å²) >= 11 is 0. The van der Waals surface area contributed by atoms with E-state index in [9.17, 15) is 4.79 Å². The Kier molecular flexibility index (Phi) is 5.01. The van der Waals surface area contributed by atoms with Crippen molar-refractivity contribution in [3.8, 4) is 5.75 Å². The summed E-state index contributed by atoms with van der Waals surface area (Å²) in [6.45, 7) is 9.45. The highest BCUT2D eigenvalue weighted by atomic mass is 16.5. The van der Waals surface area contributed by atoms with Crippen LogP contribution in [0.25, 0.3) is 0 Å². The van der Waals surface area contributed by atoms with Gasteiger partial charge in [0.15, 0.2) is 0 Å². The van der Waals surface area contributed by atoms with Crippen LogP contribution in [-0.4, -0.2) is 43.1 Å². The molecule has 1 aromatic carbocycles. The van der Waals surface area contributed by atoms with Gasteiger partial charge < -0.3 is 15.0 Å². The summed E-state index contributed by atoms with van der Waals surface area (Å²) in [6.07, 6.45) is 0.339. The van der Waals surface area contributed by atoms with Gasteiger partial charge in [0.25, 0.3) is 0 Å². The van der Waals surface area contributed by atoms with Gasteiger partial charge in [0.1, 0.15) is 11.9 Å². The van der Waals surface area contributed by atoms with Crippen LogP contribution in [0.1, 0.15) is 24.5 Å². The number of nitrogens with zero attached hydrogens (tertiary/aromatic N) is 1. The average Bonchev–Trinajstić information content (AvgIpc) is 2.45. The molecule has 110 valence electrons. The Morgan fingerprint density at radius 2 is 2.05 bits per heavy atom. The monoisotopic (exact) mass is 276 g/mol. The Labute approximate surface area is 121 Å². The molecule has 0 aliphatic carbocycles. The number of hydrogen-bond donors (Lipinski definition) is 1. The second kappa shape index (κ2) is 6.75. The molecule has 1 aliphatic rings. The van der Waals surface area contributed by atoms with Gasteiger partial charge in [-0.3, -0.25) is 4.79 Å². The lowest BCUT2D eigenvalue weighted by Gasteiger charge is -2.28. The number of amides is 1. The van der Waals surface area contributed by atoms with E-state index in [1.54, 1.807) is 0 Å². The van der Waals surface area contributed by atoms with Gasteiger partial charge >= 0.3 is 0 Å². The number of nitrogens with one attached hydrogen (secondary N) is 1. The smallest absolute Gasteiger partial charge is 0.226 e. The third-order valence-corrected chi connectivity index (χ3v) is 3.81. The molecule has 0 spiro atoms. The van der Waals surface area contributed by atoms with Crippen LogP contribution in [0.3, 0.4) is 0 Å². The number of ether oxygens (including phenoxy) is 1. The molecule has 0 radical (unpaired) electrons. The van der Waals surface area contributed by atoms with E-state index >= 15 is 0 Å². The van der Waals surface area contributed by atoms with Gasteiger partial charge in [-0.1, -0.05) is 12.1 Å². The number of aryl methyl sites for hydroxylation is 1. The molecule has 4 heteroatoms. The van der Waals surface area contributed by atoms with E-state index in [2.05, 4.69) is 25.2 Å². The predicted octanol–water partition coefficient (Wildman–Crippen LogP) is 1.89. The van der Waals surface area contributed by atoms with Crippen molar-refractivity contribution in [3.63, 3.8) is 0 Å². The highest BCUT2D eigenvalue weighted by molar-refractivity contribution is 5.76. The lowest BCUT2D eigenvalue weighted by molar-refractivity contribution is -0.133. The number of benzene rings is 1. The van der Waals surface area contributed by atoms with Crippen LogP contribution in [0.2, 0.25) is 0 Å². The van der Waals surface area contributed by atoms with Gasteiger partial charge in [0, 0.05) is 26.2 Å². The van der Waals surface area contributed by atoms with Crippen molar-refractivity contribution >= 4 is 5.91 Å². The van der Waals surface area contributed by atoms with E-state index in [0.29, 0.717) is 6.42 Å². The summed E-state index contributed by atoms with van der Waals surface area (Å²) in [5.41, 5.74) is 2.36. The van der Waals surface area contributed by atoms with E-state index in [1.807, 2.05) is 24.0 Å². The zero-order valence-electron chi connectivity index (χ0n) is 12.6. The number of piperazine rings is 1. The van der Waals surface area contributed by atoms with Gasteiger partial charge in [-0.15, -0.1) is 0 Å². The molecule has 4 nitrogen and oxygen atoms in total. The van der Waals surface area contributed by atoms with Crippen LogP contribution in [-0.2, 0) is 4.79 Å². The first kappa shape index (κ1) is 14.9. The Morgan fingerprint density at radius 3 is 2.75 bits per heavy atom. The minimum Gasteiger partial charge on any atom is -0.490 e. The second-order valence-corrected chi connectivity index (χ2v) is 5.46. The van der Waals surface area contributed by atoms with Crippen molar-refractivity contribution in [2.45, 2.75) is 33.3 Å². The maximum Gasteiger partial charge on any atom is 0.226 e. The van der Waals surface area contributed by atoms with Crippen LogP contribution in [0, 0.1) is 13.8 Å². The number of carbonyl (C=O) groups is 1. The zero-order chi connectivity index (χ0) is 14.5. The molecule has 1 unspecified atom stereocenters. The molecule has 1 aromatic rings. The molecule has 1 heterocycles. The van der Waals surface area contributed by atoms with Gasteiger partial charge in [0.05, 0.1) is 6.42 Å². The lowest BCUT2D eigenvalue weighted by atomic mass is 10.1. The van der Waals surface area contributed by atoms with Gasteiger partial charge in [-0.2, -0.15) is 0 Å². The summed E-state index contributed by atoms with van der Waals surface area (Å²) in [5, 5.41) is 3.25. The van der Waals surface area contributed by atoms with Gasteiger partial charge in [-0.25, -0.2) is 0 Å².